The molecule has 0 radical (unpaired) electrons. The SMILES string of the molecule is COc1ccc(CSC(=N)N)cc1C. The van der Waals surface area contributed by atoms with Gasteiger partial charge < -0.3 is 10.5 Å². The van der Waals surface area contributed by atoms with E-state index in [0.717, 1.165) is 22.6 Å². The van der Waals surface area contributed by atoms with Gasteiger partial charge in [0.2, 0.25) is 0 Å². The first-order valence-corrected chi connectivity index (χ1v) is 5.22. The van der Waals surface area contributed by atoms with Crippen LogP contribution in [0.5, 0.6) is 5.75 Å². The van der Waals surface area contributed by atoms with E-state index < -0.39 is 0 Å². The Hall–Kier alpha value is -1.16. The molecule has 0 saturated heterocycles. The molecule has 0 heterocycles. The van der Waals surface area contributed by atoms with E-state index in [2.05, 4.69) is 6.07 Å². The molecule has 14 heavy (non-hydrogen) atoms. The molecule has 1 aromatic rings. The Morgan fingerprint density at radius 3 is 2.79 bits per heavy atom. The van der Waals surface area contributed by atoms with Crippen LogP contribution in [0.15, 0.2) is 18.2 Å². The van der Waals surface area contributed by atoms with E-state index in [4.69, 9.17) is 15.9 Å². The van der Waals surface area contributed by atoms with Crippen LogP contribution in [-0.2, 0) is 5.75 Å². The van der Waals surface area contributed by atoms with E-state index in [9.17, 15) is 0 Å². The molecular formula is C10H14N2OS. The second kappa shape index (κ2) is 4.91. The van der Waals surface area contributed by atoms with Crippen molar-refractivity contribution in [1.82, 2.24) is 0 Å². The second-order valence-electron chi connectivity index (χ2n) is 2.96. The Kier molecular flexibility index (Phi) is 3.83. The van der Waals surface area contributed by atoms with E-state index in [-0.39, 0.29) is 5.17 Å². The molecule has 0 unspecified atom stereocenters. The van der Waals surface area contributed by atoms with Gasteiger partial charge in [-0.05, 0) is 24.1 Å². The zero-order chi connectivity index (χ0) is 10.6. The minimum atomic E-state index is 0.151. The number of amidine groups is 1. The number of benzene rings is 1. The lowest BCUT2D eigenvalue weighted by molar-refractivity contribution is 0.411. The lowest BCUT2D eigenvalue weighted by Gasteiger charge is -2.06. The minimum absolute atomic E-state index is 0.151. The maximum Gasteiger partial charge on any atom is 0.151 e. The minimum Gasteiger partial charge on any atom is -0.496 e. The third-order valence-corrected chi connectivity index (χ3v) is 2.64. The molecule has 0 bridgehead atoms. The number of aryl methyl sites for hydroxylation is 1. The van der Waals surface area contributed by atoms with Crippen molar-refractivity contribution in [3.8, 4) is 5.75 Å². The number of methoxy groups -OCH3 is 1. The molecule has 0 saturated carbocycles. The topological polar surface area (TPSA) is 59.1 Å². The maximum atomic E-state index is 7.09. The van der Waals surface area contributed by atoms with Crippen molar-refractivity contribution in [3.05, 3.63) is 29.3 Å². The lowest BCUT2D eigenvalue weighted by atomic mass is 10.1. The number of hydrogen-bond acceptors (Lipinski definition) is 3. The van der Waals surface area contributed by atoms with E-state index in [1.165, 1.54) is 11.8 Å². The first kappa shape index (κ1) is 10.9. The fourth-order valence-electron chi connectivity index (χ4n) is 1.19. The van der Waals surface area contributed by atoms with Crippen LogP contribution in [0.2, 0.25) is 0 Å². The molecule has 4 heteroatoms. The fraction of sp³-hybridized carbons (Fsp3) is 0.300. The summed E-state index contributed by atoms with van der Waals surface area (Å²) in [6.07, 6.45) is 0. The summed E-state index contributed by atoms with van der Waals surface area (Å²) in [7, 11) is 1.66. The highest BCUT2D eigenvalue weighted by molar-refractivity contribution is 8.13. The van der Waals surface area contributed by atoms with Crippen LogP contribution in [0, 0.1) is 12.3 Å². The average Bonchev–Trinajstić information content (AvgIpc) is 2.15. The van der Waals surface area contributed by atoms with E-state index in [0.29, 0.717) is 0 Å². The number of nitrogens with one attached hydrogen (secondary N) is 1. The highest BCUT2D eigenvalue weighted by Gasteiger charge is 2.00. The zero-order valence-electron chi connectivity index (χ0n) is 8.33. The first-order valence-electron chi connectivity index (χ1n) is 4.24. The van der Waals surface area contributed by atoms with Crippen molar-refractivity contribution in [2.75, 3.05) is 7.11 Å². The van der Waals surface area contributed by atoms with Gasteiger partial charge in [-0.1, -0.05) is 23.9 Å². The van der Waals surface area contributed by atoms with Crippen molar-refractivity contribution in [2.24, 2.45) is 5.73 Å². The molecule has 0 aliphatic carbocycles. The number of ether oxygens (including phenoxy) is 1. The largest absolute Gasteiger partial charge is 0.496 e. The molecule has 76 valence electrons. The Bertz CT molecular complexity index is 339. The predicted octanol–water partition coefficient (Wildman–Crippen LogP) is 2.13. The summed E-state index contributed by atoms with van der Waals surface area (Å²) in [5.41, 5.74) is 7.52. The van der Waals surface area contributed by atoms with Crippen LogP contribution in [0.25, 0.3) is 0 Å². The molecule has 1 rings (SSSR count). The molecule has 0 aliphatic rings. The third kappa shape index (κ3) is 2.96. The zero-order valence-corrected chi connectivity index (χ0v) is 9.15. The third-order valence-electron chi connectivity index (χ3n) is 1.85. The monoisotopic (exact) mass is 210 g/mol. The molecule has 0 aromatic heterocycles. The Balaban J connectivity index is 2.71. The molecule has 0 spiro atoms. The van der Waals surface area contributed by atoms with Crippen molar-refractivity contribution in [1.29, 1.82) is 5.41 Å². The Labute approximate surface area is 88.2 Å². The second-order valence-corrected chi connectivity index (χ2v) is 3.97. The Morgan fingerprint density at radius 1 is 1.57 bits per heavy atom. The van der Waals surface area contributed by atoms with E-state index in [1.54, 1.807) is 7.11 Å². The summed E-state index contributed by atoms with van der Waals surface area (Å²) < 4.78 is 5.15. The van der Waals surface area contributed by atoms with E-state index >= 15 is 0 Å². The van der Waals surface area contributed by atoms with Gasteiger partial charge in [-0.25, -0.2) is 0 Å². The van der Waals surface area contributed by atoms with Crippen molar-refractivity contribution in [3.63, 3.8) is 0 Å². The number of nitrogens with two attached hydrogens (primary N) is 1. The standard InChI is InChI=1S/C10H14N2OS/c1-7-5-8(6-14-10(11)12)3-4-9(7)13-2/h3-5H,6H2,1-2H3,(H3,11,12). The van der Waals surface area contributed by atoms with Crippen LogP contribution in [0.4, 0.5) is 0 Å². The van der Waals surface area contributed by atoms with Gasteiger partial charge in [0.15, 0.2) is 5.17 Å². The van der Waals surface area contributed by atoms with Gasteiger partial charge in [0, 0.05) is 5.75 Å². The van der Waals surface area contributed by atoms with Crippen LogP contribution in [0.1, 0.15) is 11.1 Å². The number of thioether (sulfide) groups is 1. The van der Waals surface area contributed by atoms with Crippen molar-refractivity contribution < 1.29 is 4.74 Å². The first-order chi connectivity index (χ1) is 6.63. The van der Waals surface area contributed by atoms with Crippen molar-refractivity contribution in [2.45, 2.75) is 12.7 Å². The highest BCUT2D eigenvalue weighted by atomic mass is 32.2. The van der Waals surface area contributed by atoms with Gasteiger partial charge in [0.05, 0.1) is 7.11 Å². The van der Waals surface area contributed by atoms with Gasteiger partial charge in [-0.15, -0.1) is 0 Å². The quantitative estimate of drug-likeness (QED) is 0.593. The fourth-order valence-corrected chi connectivity index (χ4v) is 1.69. The summed E-state index contributed by atoms with van der Waals surface area (Å²) >= 11 is 1.33. The number of hydrogen-bond donors (Lipinski definition) is 2. The molecule has 0 amide bonds. The van der Waals surface area contributed by atoms with Crippen LogP contribution >= 0.6 is 11.8 Å². The summed E-state index contributed by atoms with van der Waals surface area (Å²) in [4.78, 5) is 0. The molecule has 0 aliphatic heterocycles. The summed E-state index contributed by atoms with van der Waals surface area (Å²) in [5, 5.41) is 7.24. The summed E-state index contributed by atoms with van der Waals surface area (Å²) in [6.45, 7) is 2.00. The molecule has 1 aromatic carbocycles. The molecule has 0 atom stereocenters. The smallest absolute Gasteiger partial charge is 0.151 e. The van der Waals surface area contributed by atoms with Crippen LogP contribution in [0.3, 0.4) is 0 Å². The highest BCUT2D eigenvalue weighted by Crippen LogP contribution is 2.21. The van der Waals surface area contributed by atoms with Gasteiger partial charge in [0.25, 0.3) is 0 Å². The van der Waals surface area contributed by atoms with Gasteiger partial charge in [0.1, 0.15) is 5.75 Å². The molecule has 0 fully saturated rings. The maximum absolute atomic E-state index is 7.09. The normalized spacial score (nSPS) is 9.86. The predicted molar refractivity (Wildman–Crippen MR) is 60.9 cm³/mol. The summed E-state index contributed by atoms with van der Waals surface area (Å²) in [5.74, 6) is 1.63. The van der Waals surface area contributed by atoms with Gasteiger partial charge in [-0.2, -0.15) is 0 Å². The van der Waals surface area contributed by atoms with Crippen LogP contribution in [-0.4, -0.2) is 12.3 Å². The average molecular weight is 210 g/mol. The lowest BCUT2D eigenvalue weighted by Crippen LogP contribution is -2.03. The molecule has 3 N–H and O–H groups in total. The van der Waals surface area contributed by atoms with Crippen molar-refractivity contribution >= 4 is 16.9 Å². The van der Waals surface area contributed by atoms with Gasteiger partial charge >= 0.3 is 0 Å². The Morgan fingerprint density at radius 2 is 2.29 bits per heavy atom. The van der Waals surface area contributed by atoms with Crippen LogP contribution < -0.4 is 10.5 Å². The molecular weight excluding hydrogens is 196 g/mol. The number of rotatable bonds is 3. The summed E-state index contributed by atoms with van der Waals surface area (Å²) in [6, 6.07) is 5.97. The van der Waals surface area contributed by atoms with Gasteiger partial charge in [-0.3, -0.25) is 5.41 Å². The van der Waals surface area contributed by atoms with E-state index in [1.807, 2.05) is 19.1 Å². The molecule has 3 nitrogen and oxygen atoms in total.